The molecule has 0 unspecified atom stereocenters. The molecule has 23 heteroatoms. The molecule has 0 aliphatic carbocycles. The molecule has 90 heavy (non-hydrogen) atoms. The Morgan fingerprint density at radius 2 is 1.02 bits per heavy atom. The summed E-state index contributed by atoms with van der Waals surface area (Å²) in [6.07, 6.45) is 4.86. The number of halogens is 3. The van der Waals surface area contributed by atoms with Crippen molar-refractivity contribution >= 4 is 130 Å². The number of hydrogen-bond donors (Lipinski definition) is 7. The third kappa shape index (κ3) is 20.2. The molecule has 11 N–H and O–H groups in total. The molecule has 0 fully saturated rings. The Labute approximate surface area is 549 Å². The van der Waals surface area contributed by atoms with E-state index in [1.54, 1.807) is 50.5 Å². The lowest BCUT2D eigenvalue weighted by molar-refractivity contribution is 0.111. The Hall–Kier alpha value is -9.23. The topological polar surface area (TPSA) is 307 Å². The number of nitrogens with one attached hydrogen (secondary N) is 1. The van der Waals surface area contributed by atoms with E-state index in [4.69, 9.17) is 33.3 Å². The molecule has 0 atom stereocenters. The number of nitrogens with two attached hydrogens (primary N) is 4. The van der Waals surface area contributed by atoms with Crippen LogP contribution in [0.1, 0.15) is 85.9 Å². The number of aliphatic hydroxyl groups excluding tert-OH is 2. The van der Waals surface area contributed by atoms with Gasteiger partial charge in [-0.25, -0.2) is 29.9 Å². The highest BCUT2D eigenvalue weighted by molar-refractivity contribution is 9.11. The van der Waals surface area contributed by atoms with E-state index < -0.39 is 0 Å². The number of carbonyl (C=O) groups excluding carboxylic acids is 2. The highest BCUT2D eigenvalue weighted by Gasteiger charge is 2.14. The monoisotopic (exact) mass is 1400 g/mol. The number of nitriles is 1. The number of carbonyl (C=O) groups is 2. The first kappa shape index (κ1) is 69.9. The SMILES string of the molecule is C.C[B]C#CC#N.Cc1ccc(CCCO)c(N)c1.Cc1ccc(CCCO)c(NCc2ccc3nc(N)n(Cc4cccc(Br)n4)c3c2)c1.Nc1nc2cc(C=O)ccc2n1Cc1cccc(Br)n1.Nc1nc2ccc(C=O)cc2n1Cc1cccc(Br)n1. The quantitative estimate of drug-likeness (QED) is 0.0146. The minimum Gasteiger partial charge on any atom is -0.398 e. The lowest BCUT2D eigenvalue weighted by Crippen LogP contribution is -2.07. The van der Waals surface area contributed by atoms with Crippen molar-refractivity contribution in [1.82, 2.24) is 43.6 Å². The van der Waals surface area contributed by atoms with Crippen LogP contribution in [0.2, 0.25) is 6.82 Å². The molecule has 0 amide bonds. The van der Waals surface area contributed by atoms with Crippen LogP contribution >= 0.6 is 47.8 Å². The highest BCUT2D eigenvalue weighted by atomic mass is 79.9. The fraction of sp³-hybridized carbons (Fsp3) is 0.209. The number of aromatic nitrogens is 9. The second kappa shape index (κ2) is 35.1. The lowest BCUT2D eigenvalue weighted by atomic mass is 9.84. The Bertz CT molecular complexity index is 4330. The maximum Gasteiger partial charge on any atom is 0.214 e. The minimum absolute atomic E-state index is 0. The Morgan fingerprint density at radius 1 is 0.556 bits per heavy atom. The van der Waals surface area contributed by atoms with Gasteiger partial charge in [0.25, 0.3) is 0 Å². The molecule has 0 aliphatic rings. The number of rotatable bonds is 17. The fourth-order valence-electron chi connectivity index (χ4n) is 9.22. The Morgan fingerprint density at radius 3 is 1.51 bits per heavy atom. The van der Waals surface area contributed by atoms with Gasteiger partial charge in [0.05, 0.1) is 69.8 Å². The molecule has 1 radical (unpaired) electrons. The second-order valence-corrected chi connectivity index (χ2v) is 22.6. The zero-order chi connectivity index (χ0) is 63.8. The number of fused-ring (bicyclic) bond motifs is 3. The fourth-order valence-corrected chi connectivity index (χ4v) is 10.4. The predicted octanol–water partition coefficient (Wildman–Crippen LogP) is 12.3. The van der Waals surface area contributed by atoms with Crippen LogP contribution < -0.4 is 28.3 Å². The standard InChI is InChI=1S/C24H26BrN5O.2C14H11BrN4O.C10H15NO.C4H3BN.CH4/c1-16-7-9-18(4-3-11-31)21(12-16)27-14-17-8-10-20-22(13-17)30(24(26)29-20)15-19-5-2-6-23(25)28-19;15-13-3-1-2-10(17-13)7-19-12-5-4-9(8-20)6-11(12)18-14(19)16;15-13-3-1-2-10(17-13)7-19-12-6-9(8-20)4-5-11(12)18-14(19)16;1-8-4-5-9(3-2-6-12)10(11)7-8;1-5-3-2-4-6;/h2,5-10,12-13,27,31H,3-4,11,14-15H2,1H3,(H2,26,29);2*1-6,8H,7H2,(H2,16,18);4-5,7,12H,2-3,6,11H2,1H3;1H3;1H4. The van der Waals surface area contributed by atoms with E-state index in [9.17, 15) is 14.7 Å². The molecule has 0 saturated heterocycles. The average molecular weight is 1400 g/mol. The van der Waals surface area contributed by atoms with Crippen molar-refractivity contribution in [3.8, 4) is 17.8 Å². The summed E-state index contributed by atoms with van der Waals surface area (Å²) in [6.45, 7) is 8.59. The molecule has 461 valence electrons. The van der Waals surface area contributed by atoms with Gasteiger partial charge in [-0.2, -0.15) is 5.26 Å². The van der Waals surface area contributed by atoms with Crippen molar-refractivity contribution < 1.29 is 19.8 Å². The number of nitrogens with zero attached hydrogens (tertiary/aromatic N) is 10. The lowest BCUT2D eigenvalue weighted by Gasteiger charge is -2.13. The van der Waals surface area contributed by atoms with Crippen LogP contribution in [0.5, 0.6) is 0 Å². The smallest absolute Gasteiger partial charge is 0.214 e. The van der Waals surface area contributed by atoms with Crippen LogP contribution in [0.15, 0.2) is 159 Å². The molecule has 5 aromatic carbocycles. The van der Waals surface area contributed by atoms with Crippen LogP contribution in [-0.4, -0.2) is 86.9 Å². The zero-order valence-electron chi connectivity index (χ0n) is 49.3. The van der Waals surface area contributed by atoms with Gasteiger partial charge in [-0.05, 0) is 212 Å². The van der Waals surface area contributed by atoms with Gasteiger partial charge in [0, 0.05) is 48.2 Å². The minimum atomic E-state index is 0. The number of hydrogen-bond acceptors (Lipinski definition) is 16. The molecule has 0 bridgehead atoms. The van der Waals surface area contributed by atoms with E-state index in [2.05, 4.69) is 132 Å². The van der Waals surface area contributed by atoms with Gasteiger partial charge in [-0.1, -0.05) is 62.8 Å². The van der Waals surface area contributed by atoms with Crippen molar-refractivity contribution in [3.05, 3.63) is 215 Å². The predicted molar refractivity (Wildman–Crippen MR) is 373 cm³/mol. The van der Waals surface area contributed by atoms with Gasteiger partial charge < -0.3 is 52.2 Å². The van der Waals surface area contributed by atoms with E-state index in [1.807, 2.05) is 106 Å². The first-order chi connectivity index (χ1) is 43.0. The van der Waals surface area contributed by atoms with Crippen LogP contribution in [0.25, 0.3) is 33.1 Å². The van der Waals surface area contributed by atoms with Crippen LogP contribution in [0.4, 0.5) is 29.2 Å². The Balaban J connectivity index is 0.000000192. The molecule has 6 aromatic heterocycles. The number of benzene rings is 5. The summed E-state index contributed by atoms with van der Waals surface area (Å²) in [5.41, 5.74) is 40.6. The summed E-state index contributed by atoms with van der Waals surface area (Å²) in [5, 5.41) is 29.1. The molecule has 19 nitrogen and oxygen atoms in total. The molecular formula is C67H70BBr3N15O4. The van der Waals surface area contributed by atoms with Crippen molar-refractivity contribution in [2.45, 2.75) is 80.0 Å². The van der Waals surface area contributed by atoms with Crippen molar-refractivity contribution in [3.63, 3.8) is 0 Å². The van der Waals surface area contributed by atoms with Gasteiger partial charge in [0.15, 0.2) is 6.07 Å². The van der Waals surface area contributed by atoms with Crippen LogP contribution in [-0.2, 0) is 39.0 Å². The summed E-state index contributed by atoms with van der Waals surface area (Å²) in [7, 11) is 1.63. The molecule has 6 heterocycles. The third-order valence-corrected chi connectivity index (χ3v) is 14.9. The number of aryl methyl sites for hydroxylation is 4. The van der Waals surface area contributed by atoms with E-state index in [0.717, 1.165) is 119 Å². The van der Waals surface area contributed by atoms with E-state index in [-0.39, 0.29) is 20.6 Å². The molecular weight excluding hydrogens is 1330 g/mol. The van der Waals surface area contributed by atoms with E-state index in [1.165, 1.54) is 16.7 Å². The Kier molecular flexibility index (Phi) is 27.2. The number of pyridine rings is 3. The van der Waals surface area contributed by atoms with Gasteiger partial charge >= 0.3 is 0 Å². The number of aldehydes is 2. The van der Waals surface area contributed by atoms with E-state index in [0.29, 0.717) is 60.7 Å². The van der Waals surface area contributed by atoms with Crippen molar-refractivity contribution in [2.24, 2.45) is 0 Å². The summed E-state index contributed by atoms with van der Waals surface area (Å²) in [5.74, 6) is 5.95. The molecule has 0 aliphatic heterocycles. The highest BCUT2D eigenvalue weighted by Crippen LogP contribution is 2.26. The summed E-state index contributed by atoms with van der Waals surface area (Å²) in [6, 6.07) is 48.2. The van der Waals surface area contributed by atoms with Gasteiger partial charge in [-0.15, -0.1) is 5.82 Å². The van der Waals surface area contributed by atoms with Crippen LogP contribution in [0.3, 0.4) is 0 Å². The first-order valence-electron chi connectivity index (χ1n) is 28.1. The number of aliphatic hydroxyl groups is 2. The summed E-state index contributed by atoms with van der Waals surface area (Å²) < 4.78 is 8.06. The normalized spacial score (nSPS) is 10.3. The van der Waals surface area contributed by atoms with Gasteiger partial charge in [0.1, 0.15) is 26.4 Å². The largest absolute Gasteiger partial charge is 0.398 e. The summed E-state index contributed by atoms with van der Waals surface area (Å²) >= 11 is 10.1. The zero-order valence-corrected chi connectivity index (χ0v) is 54.0. The van der Waals surface area contributed by atoms with Crippen molar-refractivity contribution in [1.29, 1.82) is 5.26 Å². The first-order valence-corrected chi connectivity index (χ1v) is 30.5. The second-order valence-electron chi connectivity index (χ2n) is 20.1. The third-order valence-electron chi connectivity index (χ3n) is 13.5. The van der Waals surface area contributed by atoms with Gasteiger partial charge in [0.2, 0.25) is 25.1 Å². The average Bonchev–Trinajstić information content (AvgIpc) is 2.44. The van der Waals surface area contributed by atoms with Crippen LogP contribution in [0, 0.1) is 36.9 Å². The maximum absolute atomic E-state index is 10.9. The molecule has 0 saturated carbocycles. The summed E-state index contributed by atoms with van der Waals surface area (Å²) in [4.78, 5) is 48.1. The number of nitrogen functional groups attached to an aromatic ring is 4. The maximum atomic E-state index is 10.9. The molecule has 11 aromatic rings. The number of imidazole rings is 3. The molecule has 11 rings (SSSR count). The van der Waals surface area contributed by atoms with Gasteiger partial charge in [-0.3, -0.25) is 9.59 Å². The van der Waals surface area contributed by atoms with Crippen molar-refractivity contribution in [2.75, 3.05) is 41.5 Å². The van der Waals surface area contributed by atoms with E-state index >= 15 is 0 Å². The number of anilines is 5. The molecule has 0 spiro atoms.